The molecular weight excluding hydrogens is 224 g/mol. The van der Waals surface area contributed by atoms with Crippen LogP contribution in [0.25, 0.3) is 0 Å². The van der Waals surface area contributed by atoms with Crippen LogP contribution < -0.4 is 0 Å². The van der Waals surface area contributed by atoms with Crippen LogP contribution in [-0.2, 0) is 6.54 Å². The van der Waals surface area contributed by atoms with Crippen molar-refractivity contribution in [1.29, 1.82) is 0 Å². The molecule has 1 atom stereocenters. The third-order valence-electron chi connectivity index (χ3n) is 3.39. The van der Waals surface area contributed by atoms with Crippen molar-refractivity contribution in [2.45, 2.75) is 33.4 Å². The molecule has 0 fully saturated rings. The molecule has 0 radical (unpaired) electrons. The molecule has 0 N–H and O–H groups in total. The van der Waals surface area contributed by atoms with Crippen LogP contribution >= 0.6 is 0 Å². The molecule has 0 saturated carbocycles. The first-order valence-electron chi connectivity index (χ1n) is 6.24. The van der Waals surface area contributed by atoms with Crippen LogP contribution in [0.4, 0.5) is 0 Å². The lowest BCUT2D eigenvalue weighted by molar-refractivity contribution is 0.251. The van der Waals surface area contributed by atoms with Gasteiger partial charge in [-0.05, 0) is 45.5 Å². The molecular formula is C15H20N2O. The highest BCUT2D eigenvalue weighted by molar-refractivity contribution is 5.21. The van der Waals surface area contributed by atoms with Gasteiger partial charge in [0.1, 0.15) is 11.5 Å². The molecule has 18 heavy (non-hydrogen) atoms. The molecule has 0 unspecified atom stereocenters. The number of hydrogen-bond acceptors (Lipinski definition) is 3. The van der Waals surface area contributed by atoms with Gasteiger partial charge in [-0.15, -0.1) is 0 Å². The maximum Gasteiger partial charge on any atom is 0.105 e. The van der Waals surface area contributed by atoms with Crippen molar-refractivity contribution in [3.8, 4) is 0 Å². The van der Waals surface area contributed by atoms with E-state index in [1.807, 2.05) is 26.1 Å². The Kier molecular flexibility index (Phi) is 3.82. The highest BCUT2D eigenvalue weighted by Gasteiger charge is 2.14. The van der Waals surface area contributed by atoms with Gasteiger partial charge in [0.2, 0.25) is 0 Å². The molecule has 2 aromatic heterocycles. The monoisotopic (exact) mass is 244 g/mol. The van der Waals surface area contributed by atoms with E-state index in [1.165, 1.54) is 11.1 Å². The molecule has 2 aromatic rings. The van der Waals surface area contributed by atoms with Gasteiger partial charge < -0.3 is 4.42 Å². The molecule has 0 aliphatic heterocycles. The van der Waals surface area contributed by atoms with Crippen LogP contribution in [0.5, 0.6) is 0 Å². The molecule has 0 aromatic carbocycles. The number of aromatic nitrogens is 1. The summed E-state index contributed by atoms with van der Waals surface area (Å²) in [6.45, 7) is 7.09. The fraction of sp³-hybridized carbons (Fsp3) is 0.400. The minimum absolute atomic E-state index is 0.341. The first kappa shape index (κ1) is 12.8. The van der Waals surface area contributed by atoms with Gasteiger partial charge in [0.25, 0.3) is 0 Å². The standard InChI is InChI=1S/C15H20N2O/c1-11-8-15(13(3)18-11)10-17(4)12(2)14-6-5-7-16-9-14/h5-9,12H,10H2,1-4H3/t12-/m1/s1. The van der Waals surface area contributed by atoms with E-state index in [4.69, 9.17) is 4.42 Å². The highest BCUT2D eigenvalue weighted by atomic mass is 16.3. The maximum atomic E-state index is 5.56. The van der Waals surface area contributed by atoms with Crippen LogP contribution in [0.2, 0.25) is 0 Å². The van der Waals surface area contributed by atoms with E-state index >= 15 is 0 Å². The summed E-state index contributed by atoms with van der Waals surface area (Å²) in [5.74, 6) is 1.99. The van der Waals surface area contributed by atoms with Crippen LogP contribution in [0.1, 0.15) is 35.6 Å². The van der Waals surface area contributed by atoms with E-state index < -0.39 is 0 Å². The molecule has 2 heterocycles. The summed E-state index contributed by atoms with van der Waals surface area (Å²) in [7, 11) is 2.12. The molecule has 3 heteroatoms. The van der Waals surface area contributed by atoms with E-state index in [1.54, 1.807) is 6.20 Å². The summed E-state index contributed by atoms with van der Waals surface area (Å²) in [5.41, 5.74) is 2.49. The predicted molar refractivity (Wildman–Crippen MR) is 72.3 cm³/mol. The van der Waals surface area contributed by atoms with E-state index in [2.05, 4.69) is 36.0 Å². The summed E-state index contributed by atoms with van der Waals surface area (Å²) in [5, 5.41) is 0. The van der Waals surface area contributed by atoms with Gasteiger partial charge in [0.05, 0.1) is 0 Å². The van der Waals surface area contributed by atoms with Gasteiger partial charge in [-0.25, -0.2) is 0 Å². The zero-order valence-corrected chi connectivity index (χ0v) is 11.5. The summed E-state index contributed by atoms with van der Waals surface area (Å²) in [6.07, 6.45) is 3.73. The Morgan fingerprint density at radius 2 is 2.17 bits per heavy atom. The third-order valence-corrected chi connectivity index (χ3v) is 3.39. The van der Waals surface area contributed by atoms with E-state index in [0.717, 1.165) is 18.1 Å². The minimum Gasteiger partial charge on any atom is -0.466 e. The second-order valence-electron chi connectivity index (χ2n) is 4.82. The molecule has 0 bridgehead atoms. The first-order valence-corrected chi connectivity index (χ1v) is 6.24. The topological polar surface area (TPSA) is 29.3 Å². The number of aryl methyl sites for hydroxylation is 2. The van der Waals surface area contributed by atoms with Gasteiger partial charge in [0.15, 0.2) is 0 Å². The lowest BCUT2D eigenvalue weighted by Crippen LogP contribution is -2.22. The smallest absolute Gasteiger partial charge is 0.105 e. The molecule has 96 valence electrons. The summed E-state index contributed by atoms with van der Waals surface area (Å²) in [4.78, 5) is 6.47. The van der Waals surface area contributed by atoms with Crippen molar-refractivity contribution in [2.75, 3.05) is 7.05 Å². The minimum atomic E-state index is 0.341. The number of furan rings is 1. The number of pyridine rings is 1. The molecule has 0 aliphatic rings. The zero-order chi connectivity index (χ0) is 13.1. The largest absolute Gasteiger partial charge is 0.466 e. The fourth-order valence-corrected chi connectivity index (χ4v) is 2.12. The van der Waals surface area contributed by atoms with Crippen molar-refractivity contribution >= 4 is 0 Å². The second kappa shape index (κ2) is 5.36. The van der Waals surface area contributed by atoms with Gasteiger partial charge >= 0.3 is 0 Å². The van der Waals surface area contributed by atoms with Crippen LogP contribution in [0.3, 0.4) is 0 Å². The highest BCUT2D eigenvalue weighted by Crippen LogP contribution is 2.22. The van der Waals surface area contributed by atoms with Crippen LogP contribution in [0, 0.1) is 13.8 Å². The predicted octanol–water partition coefficient (Wildman–Crippen LogP) is 3.48. The quantitative estimate of drug-likeness (QED) is 0.824. The Labute approximate surface area is 108 Å². The van der Waals surface area contributed by atoms with Gasteiger partial charge in [-0.1, -0.05) is 6.07 Å². The fourth-order valence-electron chi connectivity index (χ4n) is 2.12. The van der Waals surface area contributed by atoms with Crippen LogP contribution in [0.15, 0.2) is 35.0 Å². The Morgan fingerprint density at radius 1 is 1.39 bits per heavy atom. The van der Waals surface area contributed by atoms with Gasteiger partial charge in [-0.2, -0.15) is 0 Å². The van der Waals surface area contributed by atoms with E-state index in [-0.39, 0.29) is 0 Å². The number of nitrogens with zero attached hydrogens (tertiary/aromatic N) is 2. The van der Waals surface area contributed by atoms with Crippen molar-refractivity contribution in [3.63, 3.8) is 0 Å². The zero-order valence-electron chi connectivity index (χ0n) is 11.5. The lowest BCUT2D eigenvalue weighted by Gasteiger charge is -2.24. The van der Waals surface area contributed by atoms with E-state index in [9.17, 15) is 0 Å². The number of rotatable bonds is 4. The Bertz CT molecular complexity index is 504. The molecule has 0 saturated heterocycles. The lowest BCUT2D eigenvalue weighted by atomic mass is 10.1. The summed E-state index contributed by atoms with van der Waals surface area (Å²) in [6, 6.07) is 6.55. The molecule has 0 spiro atoms. The second-order valence-corrected chi connectivity index (χ2v) is 4.82. The van der Waals surface area contributed by atoms with Crippen molar-refractivity contribution in [3.05, 3.63) is 53.2 Å². The maximum absolute atomic E-state index is 5.56. The molecule has 0 aliphatic carbocycles. The van der Waals surface area contributed by atoms with Crippen molar-refractivity contribution in [1.82, 2.24) is 9.88 Å². The Morgan fingerprint density at radius 3 is 2.72 bits per heavy atom. The average molecular weight is 244 g/mol. The van der Waals surface area contributed by atoms with Crippen molar-refractivity contribution < 1.29 is 4.42 Å². The first-order chi connectivity index (χ1) is 8.58. The third kappa shape index (κ3) is 2.79. The van der Waals surface area contributed by atoms with E-state index in [0.29, 0.717) is 6.04 Å². The van der Waals surface area contributed by atoms with Crippen LogP contribution in [-0.4, -0.2) is 16.9 Å². The van der Waals surface area contributed by atoms with Crippen molar-refractivity contribution in [2.24, 2.45) is 0 Å². The Hall–Kier alpha value is -1.61. The molecule has 3 nitrogen and oxygen atoms in total. The molecule has 0 amide bonds. The number of hydrogen-bond donors (Lipinski definition) is 0. The molecule has 2 rings (SSSR count). The summed E-state index contributed by atoms with van der Waals surface area (Å²) >= 11 is 0. The Balaban J connectivity index is 2.08. The van der Waals surface area contributed by atoms with Gasteiger partial charge in [-0.3, -0.25) is 9.88 Å². The normalized spacial score (nSPS) is 12.9. The summed E-state index contributed by atoms with van der Waals surface area (Å²) < 4.78 is 5.56. The SMILES string of the molecule is Cc1cc(CN(C)[C@H](C)c2cccnc2)c(C)o1. The van der Waals surface area contributed by atoms with Gasteiger partial charge in [0, 0.05) is 30.5 Å². The average Bonchev–Trinajstić information content (AvgIpc) is 2.68.